The van der Waals surface area contributed by atoms with Crippen LogP contribution in [0.25, 0.3) is 10.9 Å². The molecule has 19 heavy (non-hydrogen) atoms. The summed E-state index contributed by atoms with van der Waals surface area (Å²) in [6.07, 6.45) is 2.74. The lowest BCUT2D eigenvalue weighted by Gasteiger charge is -2.21. The average Bonchev–Trinajstić information content (AvgIpc) is 2.71. The van der Waals surface area contributed by atoms with Crippen molar-refractivity contribution in [2.24, 2.45) is 0 Å². The Kier molecular flexibility index (Phi) is 4.22. The van der Waals surface area contributed by atoms with Gasteiger partial charge >= 0.3 is 0 Å². The summed E-state index contributed by atoms with van der Waals surface area (Å²) in [4.78, 5) is 14.5. The summed E-state index contributed by atoms with van der Waals surface area (Å²) < 4.78 is 0. The van der Waals surface area contributed by atoms with Crippen molar-refractivity contribution >= 4 is 16.8 Å². The Morgan fingerprint density at radius 3 is 2.74 bits per heavy atom. The summed E-state index contributed by atoms with van der Waals surface area (Å²) in [5.41, 5.74) is 2.34. The van der Waals surface area contributed by atoms with Gasteiger partial charge in [-0.05, 0) is 25.5 Å². The number of carbonyl (C=O) groups excluding carboxylic acids is 1. The summed E-state index contributed by atoms with van der Waals surface area (Å²) >= 11 is 0. The second kappa shape index (κ2) is 5.89. The lowest BCUT2D eigenvalue weighted by Crippen LogP contribution is -2.48. The topological polar surface area (TPSA) is 56.9 Å². The van der Waals surface area contributed by atoms with E-state index in [1.165, 1.54) is 10.9 Å². The first-order valence-corrected chi connectivity index (χ1v) is 6.64. The smallest absolute Gasteiger partial charge is 0.218 e. The lowest BCUT2D eigenvalue weighted by atomic mass is 10.1. The van der Waals surface area contributed by atoms with Gasteiger partial charge in [0.15, 0.2) is 0 Å². The number of rotatable bonds is 5. The van der Waals surface area contributed by atoms with E-state index in [0.717, 1.165) is 11.9 Å². The number of hydrogen-bond acceptors (Lipinski definition) is 2. The third kappa shape index (κ3) is 3.58. The Morgan fingerprint density at radius 2 is 2.05 bits per heavy atom. The molecule has 0 spiro atoms. The highest BCUT2D eigenvalue weighted by molar-refractivity contribution is 5.83. The van der Waals surface area contributed by atoms with Gasteiger partial charge in [0.25, 0.3) is 0 Å². The number of benzene rings is 1. The molecule has 1 heterocycles. The SMILES string of the molecule is CC(=O)N[C@@H](Cc1c[nH]c2ccccc12)NC(C)C. The van der Waals surface area contributed by atoms with Gasteiger partial charge in [-0.25, -0.2) is 0 Å². The predicted octanol–water partition coefficient (Wildman–Crippen LogP) is 2.17. The van der Waals surface area contributed by atoms with E-state index in [0.29, 0.717) is 6.04 Å². The molecule has 0 saturated heterocycles. The van der Waals surface area contributed by atoms with Crippen LogP contribution in [-0.2, 0) is 11.2 Å². The van der Waals surface area contributed by atoms with E-state index in [2.05, 4.69) is 41.6 Å². The van der Waals surface area contributed by atoms with Crippen LogP contribution < -0.4 is 10.6 Å². The van der Waals surface area contributed by atoms with Crippen LogP contribution in [0.15, 0.2) is 30.5 Å². The fraction of sp³-hybridized carbons (Fsp3) is 0.400. The zero-order valence-electron chi connectivity index (χ0n) is 11.7. The molecule has 0 saturated carbocycles. The maximum Gasteiger partial charge on any atom is 0.218 e. The molecule has 4 nitrogen and oxygen atoms in total. The van der Waals surface area contributed by atoms with Crippen molar-refractivity contribution in [3.05, 3.63) is 36.0 Å². The normalized spacial score (nSPS) is 12.8. The van der Waals surface area contributed by atoms with Crippen LogP contribution in [0.4, 0.5) is 0 Å². The van der Waals surface area contributed by atoms with Crippen molar-refractivity contribution in [2.45, 2.75) is 39.4 Å². The Hall–Kier alpha value is -1.81. The van der Waals surface area contributed by atoms with E-state index in [1.54, 1.807) is 6.92 Å². The molecule has 0 fully saturated rings. The van der Waals surface area contributed by atoms with E-state index in [9.17, 15) is 4.79 Å². The molecular formula is C15H21N3O. The zero-order valence-corrected chi connectivity index (χ0v) is 11.7. The molecule has 1 atom stereocenters. The Balaban J connectivity index is 2.18. The van der Waals surface area contributed by atoms with Crippen molar-refractivity contribution in [1.29, 1.82) is 0 Å². The largest absolute Gasteiger partial charge is 0.361 e. The minimum Gasteiger partial charge on any atom is -0.361 e. The maximum absolute atomic E-state index is 11.3. The number of para-hydroxylation sites is 1. The molecule has 1 aromatic heterocycles. The maximum atomic E-state index is 11.3. The molecule has 2 rings (SSSR count). The summed E-state index contributed by atoms with van der Waals surface area (Å²) in [5.74, 6) is -0.0157. The van der Waals surface area contributed by atoms with Crippen molar-refractivity contribution in [3.63, 3.8) is 0 Å². The molecule has 102 valence electrons. The van der Waals surface area contributed by atoms with E-state index < -0.39 is 0 Å². The summed E-state index contributed by atoms with van der Waals surface area (Å²) in [5, 5.41) is 7.53. The summed E-state index contributed by atoms with van der Waals surface area (Å²) in [7, 11) is 0. The van der Waals surface area contributed by atoms with Gasteiger partial charge in [-0.3, -0.25) is 10.1 Å². The van der Waals surface area contributed by atoms with E-state index in [4.69, 9.17) is 0 Å². The van der Waals surface area contributed by atoms with Crippen LogP contribution >= 0.6 is 0 Å². The number of H-pyrrole nitrogens is 1. The number of amides is 1. The van der Waals surface area contributed by atoms with E-state index in [1.807, 2.05) is 18.3 Å². The van der Waals surface area contributed by atoms with Crippen LogP contribution in [0.1, 0.15) is 26.3 Å². The van der Waals surface area contributed by atoms with Gasteiger partial charge in [-0.15, -0.1) is 0 Å². The monoisotopic (exact) mass is 259 g/mol. The van der Waals surface area contributed by atoms with Gasteiger partial charge in [0.2, 0.25) is 5.91 Å². The molecule has 0 aliphatic carbocycles. The van der Waals surface area contributed by atoms with E-state index >= 15 is 0 Å². The molecule has 0 radical (unpaired) electrons. The lowest BCUT2D eigenvalue weighted by molar-refractivity contribution is -0.119. The number of hydrogen-bond donors (Lipinski definition) is 3. The minimum absolute atomic E-state index is 0.0157. The number of carbonyl (C=O) groups is 1. The molecule has 0 aliphatic heterocycles. The van der Waals surface area contributed by atoms with Gasteiger partial charge in [0, 0.05) is 36.5 Å². The molecular weight excluding hydrogens is 238 g/mol. The molecule has 0 bridgehead atoms. The molecule has 3 N–H and O–H groups in total. The number of aromatic amines is 1. The zero-order chi connectivity index (χ0) is 13.8. The first-order valence-electron chi connectivity index (χ1n) is 6.64. The standard InChI is InChI=1S/C15H21N3O/c1-10(2)17-15(18-11(3)19)8-12-9-16-14-7-5-4-6-13(12)14/h4-7,9-10,15-17H,8H2,1-3H3,(H,18,19)/t15-/m0/s1. The Labute approximate surface area is 113 Å². The quantitative estimate of drug-likeness (QED) is 0.721. The van der Waals surface area contributed by atoms with Crippen molar-refractivity contribution < 1.29 is 4.79 Å². The van der Waals surface area contributed by atoms with Gasteiger partial charge in [0.1, 0.15) is 0 Å². The van der Waals surface area contributed by atoms with Gasteiger partial charge in [-0.2, -0.15) is 0 Å². The fourth-order valence-corrected chi connectivity index (χ4v) is 2.32. The van der Waals surface area contributed by atoms with Crippen LogP contribution in [0, 0.1) is 0 Å². The number of nitrogens with one attached hydrogen (secondary N) is 3. The second-order valence-corrected chi connectivity index (χ2v) is 5.14. The summed E-state index contributed by atoms with van der Waals surface area (Å²) in [6, 6.07) is 8.52. The Bertz CT molecular complexity index is 559. The first-order chi connectivity index (χ1) is 9.06. The van der Waals surface area contributed by atoms with Gasteiger partial charge in [-0.1, -0.05) is 18.2 Å². The highest BCUT2D eigenvalue weighted by Gasteiger charge is 2.14. The summed E-state index contributed by atoms with van der Waals surface area (Å²) in [6.45, 7) is 5.69. The molecule has 0 unspecified atom stereocenters. The highest BCUT2D eigenvalue weighted by Crippen LogP contribution is 2.18. The van der Waals surface area contributed by atoms with Crippen molar-refractivity contribution in [2.75, 3.05) is 0 Å². The average molecular weight is 259 g/mol. The number of fused-ring (bicyclic) bond motifs is 1. The van der Waals surface area contributed by atoms with E-state index in [-0.39, 0.29) is 12.1 Å². The molecule has 4 heteroatoms. The highest BCUT2D eigenvalue weighted by atomic mass is 16.1. The number of aromatic nitrogens is 1. The van der Waals surface area contributed by atoms with Crippen LogP contribution in [-0.4, -0.2) is 23.1 Å². The van der Waals surface area contributed by atoms with Crippen LogP contribution in [0.3, 0.4) is 0 Å². The minimum atomic E-state index is -0.0447. The van der Waals surface area contributed by atoms with Gasteiger partial charge in [0.05, 0.1) is 6.17 Å². The molecule has 1 amide bonds. The van der Waals surface area contributed by atoms with Crippen molar-refractivity contribution in [3.8, 4) is 0 Å². The third-order valence-electron chi connectivity index (χ3n) is 3.01. The van der Waals surface area contributed by atoms with Crippen LogP contribution in [0.2, 0.25) is 0 Å². The third-order valence-corrected chi connectivity index (χ3v) is 3.01. The van der Waals surface area contributed by atoms with Crippen molar-refractivity contribution in [1.82, 2.24) is 15.6 Å². The molecule has 1 aromatic carbocycles. The molecule has 0 aliphatic rings. The van der Waals surface area contributed by atoms with Gasteiger partial charge < -0.3 is 10.3 Å². The predicted molar refractivity (Wildman–Crippen MR) is 77.9 cm³/mol. The molecule has 2 aromatic rings. The first kappa shape index (κ1) is 13.6. The van der Waals surface area contributed by atoms with Crippen LogP contribution in [0.5, 0.6) is 0 Å². The Morgan fingerprint density at radius 1 is 1.32 bits per heavy atom. The second-order valence-electron chi connectivity index (χ2n) is 5.14. The fourth-order valence-electron chi connectivity index (χ4n) is 2.32.